The largest absolute Gasteiger partial charge is 0.479 e. The average Bonchev–Trinajstić information content (AvgIpc) is 2.82. The Morgan fingerprint density at radius 2 is 2.31 bits per heavy atom. The lowest BCUT2D eigenvalue weighted by Gasteiger charge is -1.94. The second kappa shape index (κ2) is 3.01. The van der Waals surface area contributed by atoms with Crippen LogP contribution in [0.4, 0.5) is 0 Å². The van der Waals surface area contributed by atoms with Gasteiger partial charge >= 0.3 is 5.97 Å². The summed E-state index contributed by atoms with van der Waals surface area (Å²) in [7, 11) is 0. The van der Waals surface area contributed by atoms with E-state index in [1.807, 2.05) is 0 Å². The van der Waals surface area contributed by atoms with E-state index in [1.165, 1.54) is 0 Å². The minimum Gasteiger partial charge on any atom is -0.479 e. The number of rotatable bonds is 2. The molecule has 1 aromatic carbocycles. The maximum atomic E-state index is 10.5. The molecule has 0 saturated carbocycles. The van der Waals surface area contributed by atoms with Gasteiger partial charge in [0.05, 0.1) is 0 Å². The van der Waals surface area contributed by atoms with Gasteiger partial charge in [-0.25, -0.2) is 4.79 Å². The van der Waals surface area contributed by atoms with Gasteiger partial charge in [0.2, 0.25) is 0 Å². The molecule has 3 nitrogen and oxygen atoms in total. The molecule has 1 aromatic rings. The molecule has 0 amide bonds. The van der Waals surface area contributed by atoms with Crippen molar-refractivity contribution in [1.29, 1.82) is 0 Å². The Labute approximate surface area is 79.9 Å². The van der Waals surface area contributed by atoms with Crippen molar-refractivity contribution in [2.45, 2.75) is 12.2 Å². The first-order valence-corrected chi connectivity index (χ1v) is 4.20. The number of benzene rings is 1. The third-order valence-electron chi connectivity index (χ3n) is 1.91. The van der Waals surface area contributed by atoms with E-state index in [1.54, 1.807) is 24.3 Å². The predicted molar refractivity (Wildman–Crippen MR) is 46.7 cm³/mol. The molecule has 0 bridgehead atoms. The highest BCUT2D eigenvalue weighted by molar-refractivity contribution is 6.30. The molecule has 0 spiro atoms. The standard InChI is InChI=1S/C9H7ClO3/c10-6-3-1-2-5(4-6)7-8(13-7)9(11)12/h1-4,7-8H,(H,11,12)/t7-,8+/m0/s1. The van der Waals surface area contributed by atoms with Crippen LogP contribution in [0.25, 0.3) is 0 Å². The van der Waals surface area contributed by atoms with Crippen LogP contribution in [0.1, 0.15) is 11.7 Å². The van der Waals surface area contributed by atoms with E-state index in [9.17, 15) is 4.79 Å². The fraction of sp³-hybridized carbons (Fsp3) is 0.222. The summed E-state index contributed by atoms with van der Waals surface area (Å²) in [6, 6.07) is 7.04. The molecule has 4 heteroatoms. The van der Waals surface area contributed by atoms with Crippen LogP contribution in [-0.2, 0) is 9.53 Å². The molecule has 2 atom stereocenters. The van der Waals surface area contributed by atoms with E-state index in [0.717, 1.165) is 5.56 Å². The molecule has 1 saturated heterocycles. The van der Waals surface area contributed by atoms with E-state index in [4.69, 9.17) is 21.4 Å². The number of carbonyl (C=O) groups is 1. The molecule has 1 N–H and O–H groups in total. The van der Waals surface area contributed by atoms with Crippen LogP contribution in [0.15, 0.2) is 24.3 Å². The number of ether oxygens (including phenoxy) is 1. The molecule has 1 aliphatic heterocycles. The Morgan fingerprint density at radius 1 is 1.54 bits per heavy atom. The van der Waals surface area contributed by atoms with Crippen molar-refractivity contribution in [3.63, 3.8) is 0 Å². The van der Waals surface area contributed by atoms with E-state index in [-0.39, 0.29) is 6.10 Å². The summed E-state index contributed by atoms with van der Waals surface area (Å²) in [5.74, 6) is -0.926. The first-order chi connectivity index (χ1) is 6.18. The van der Waals surface area contributed by atoms with Crippen molar-refractivity contribution in [2.75, 3.05) is 0 Å². The molecule has 0 unspecified atom stereocenters. The highest BCUT2D eigenvalue weighted by atomic mass is 35.5. The Bertz CT molecular complexity index is 350. The number of carboxylic acids is 1. The molecule has 1 heterocycles. The summed E-state index contributed by atoms with van der Waals surface area (Å²) in [6.45, 7) is 0. The molecule has 13 heavy (non-hydrogen) atoms. The van der Waals surface area contributed by atoms with E-state index < -0.39 is 12.1 Å². The van der Waals surface area contributed by atoms with Gasteiger partial charge in [0.15, 0.2) is 6.10 Å². The Kier molecular flexibility index (Phi) is 1.98. The Morgan fingerprint density at radius 3 is 2.85 bits per heavy atom. The Hall–Kier alpha value is -1.06. The number of hydrogen-bond donors (Lipinski definition) is 1. The van der Waals surface area contributed by atoms with E-state index >= 15 is 0 Å². The zero-order valence-electron chi connectivity index (χ0n) is 6.61. The number of aliphatic carboxylic acids is 1. The second-order valence-electron chi connectivity index (χ2n) is 2.87. The number of halogens is 1. The zero-order valence-corrected chi connectivity index (χ0v) is 7.36. The van der Waals surface area contributed by atoms with E-state index in [2.05, 4.69) is 0 Å². The minimum absolute atomic E-state index is 0.323. The highest BCUT2D eigenvalue weighted by Gasteiger charge is 2.46. The topological polar surface area (TPSA) is 49.8 Å². The number of hydrogen-bond acceptors (Lipinski definition) is 2. The summed E-state index contributed by atoms with van der Waals surface area (Å²) in [5.41, 5.74) is 0.819. The summed E-state index contributed by atoms with van der Waals surface area (Å²) in [6.07, 6.45) is -1.02. The van der Waals surface area contributed by atoms with Crippen LogP contribution >= 0.6 is 11.6 Å². The van der Waals surface area contributed by atoms with Crippen molar-refractivity contribution >= 4 is 17.6 Å². The quantitative estimate of drug-likeness (QED) is 0.738. The van der Waals surface area contributed by atoms with E-state index in [0.29, 0.717) is 5.02 Å². The molecule has 0 aromatic heterocycles. The van der Waals surface area contributed by atoms with Gasteiger partial charge in [-0.05, 0) is 17.7 Å². The number of epoxide rings is 1. The van der Waals surface area contributed by atoms with Crippen LogP contribution in [0.5, 0.6) is 0 Å². The molecule has 1 aliphatic rings. The summed E-state index contributed by atoms with van der Waals surface area (Å²) < 4.78 is 4.96. The van der Waals surface area contributed by atoms with Crippen LogP contribution < -0.4 is 0 Å². The smallest absolute Gasteiger partial charge is 0.335 e. The van der Waals surface area contributed by atoms with Gasteiger partial charge in [0, 0.05) is 5.02 Å². The fourth-order valence-electron chi connectivity index (χ4n) is 1.24. The molecule has 2 rings (SSSR count). The summed E-state index contributed by atoms with van der Waals surface area (Å²) in [5, 5.41) is 9.19. The number of carboxylic acid groups (broad SMARTS) is 1. The van der Waals surface area contributed by atoms with Crippen LogP contribution in [0, 0.1) is 0 Å². The molecule has 1 fully saturated rings. The molecular weight excluding hydrogens is 192 g/mol. The average molecular weight is 199 g/mol. The second-order valence-corrected chi connectivity index (χ2v) is 3.31. The lowest BCUT2D eigenvalue weighted by Crippen LogP contribution is -2.04. The molecule has 0 radical (unpaired) electrons. The van der Waals surface area contributed by atoms with Gasteiger partial charge in [-0.1, -0.05) is 23.7 Å². The van der Waals surface area contributed by atoms with Gasteiger partial charge in [0.1, 0.15) is 6.10 Å². The lowest BCUT2D eigenvalue weighted by atomic mass is 10.1. The van der Waals surface area contributed by atoms with Crippen LogP contribution in [0.3, 0.4) is 0 Å². The van der Waals surface area contributed by atoms with Gasteiger partial charge in [0.25, 0.3) is 0 Å². The maximum Gasteiger partial charge on any atom is 0.335 e. The van der Waals surface area contributed by atoms with Crippen LogP contribution in [-0.4, -0.2) is 17.2 Å². The van der Waals surface area contributed by atoms with Gasteiger partial charge < -0.3 is 9.84 Å². The first-order valence-electron chi connectivity index (χ1n) is 3.82. The van der Waals surface area contributed by atoms with Gasteiger partial charge in [-0.3, -0.25) is 0 Å². The minimum atomic E-state index is -0.926. The fourth-order valence-corrected chi connectivity index (χ4v) is 1.44. The van der Waals surface area contributed by atoms with Crippen molar-refractivity contribution < 1.29 is 14.6 Å². The third kappa shape index (κ3) is 1.66. The van der Waals surface area contributed by atoms with Gasteiger partial charge in [-0.15, -0.1) is 0 Å². The normalized spacial score (nSPS) is 25.6. The molecule has 68 valence electrons. The predicted octanol–water partition coefficient (Wildman–Crippen LogP) is 1.86. The molecule has 0 aliphatic carbocycles. The monoisotopic (exact) mass is 198 g/mol. The SMILES string of the molecule is O=C(O)[C@@H]1O[C@H]1c1cccc(Cl)c1. The first kappa shape index (κ1) is 8.53. The van der Waals surface area contributed by atoms with Crippen molar-refractivity contribution in [2.24, 2.45) is 0 Å². The van der Waals surface area contributed by atoms with Crippen molar-refractivity contribution in [1.82, 2.24) is 0 Å². The Balaban J connectivity index is 2.16. The third-order valence-corrected chi connectivity index (χ3v) is 2.15. The van der Waals surface area contributed by atoms with Crippen LogP contribution in [0.2, 0.25) is 5.02 Å². The molecular formula is C9H7ClO3. The zero-order chi connectivity index (χ0) is 9.42. The summed E-state index contributed by atoms with van der Waals surface area (Å²) >= 11 is 5.74. The van der Waals surface area contributed by atoms with Crippen molar-refractivity contribution in [3.8, 4) is 0 Å². The van der Waals surface area contributed by atoms with Crippen molar-refractivity contribution in [3.05, 3.63) is 34.9 Å². The highest BCUT2D eigenvalue weighted by Crippen LogP contribution is 2.39. The lowest BCUT2D eigenvalue weighted by molar-refractivity contribution is -0.138. The maximum absolute atomic E-state index is 10.5. The summed E-state index contributed by atoms with van der Waals surface area (Å²) in [4.78, 5) is 10.5. The van der Waals surface area contributed by atoms with Gasteiger partial charge in [-0.2, -0.15) is 0 Å².